The molecular formula is C18H16N4O3. The fourth-order valence-corrected chi connectivity index (χ4v) is 2.55. The lowest BCUT2D eigenvalue weighted by molar-refractivity contribution is -0.118. The van der Waals surface area contributed by atoms with Crippen LogP contribution in [0, 0.1) is 0 Å². The summed E-state index contributed by atoms with van der Waals surface area (Å²) in [4.78, 5) is 23.2. The maximum Gasteiger partial charge on any atom is 0.271 e. The molecule has 1 heterocycles. The van der Waals surface area contributed by atoms with Gasteiger partial charge in [-0.15, -0.1) is 0 Å². The van der Waals surface area contributed by atoms with Crippen molar-refractivity contribution in [1.29, 1.82) is 0 Å². The Labute approximate surface area is 143 Å². The van der Waals surface area contributed by atoms with E-state index in [1.165, 1.54) is 18.3 Å². The number of primary amides is 1. The van der Waals surface area contributed by atoms with E-state index < -0.39 is 11.8 Å². The molecule has 25 heavy (non-hydrogen) atoms. The molecule has 2 amide bonds. The van der Waals surface area contributed by atoms with Crippen LogP contribution < -0.4 is 11.2 Å². The van der Waals surface area contributed by atoms with E-state index in [0.717, 1.165) is 16.5 Å². The molecule has 0 aliphatic heterocycles. The number of fused-ring (bicyclic) bond motifs is 1. The van der Waals surface area contributed by atoms with Gasteiger partial charge in [0.2, 0.25) is 5.91 Å². The number of aromatic hydroxyl groups is 1. The van der Waals surface area contributed by atoms with Crippen molar-refractivity contribution < 1.29 is 14.7 Å². The molecule has 126 valence electrons. The zero-order valence-corrected chi connectivity index (χ0v) is 13.2. The molecule has 0 saturated carbocycles. The number of phenolic OH excluding ortho intramolecular Hbond substituents is 1. The number of benzene rings is 2. The highest BCUT2D eigenvalue weighted by atomic mass is 16.3. The summed E-state index contributed by atoms with van der Waals surface area (Å²) in [6, 6.07) is 13.5. The van der Waals surface area contributed by atoms with Gasteiger partial charge in [-0.05, 0) is 24.3 Å². The number of carbonyl (C=O) groups excluding carboxylic acids is 2. The van der Waals surface area contributed by atoms with Gasteiger partial charge in [-0.25, -0.2) is 5.43 Å². The van der Waals surface area contributed by atoms with Crippen molar-refractivity contribution in [2.24, 2.45) is 10.8 Å². The van der Waals surface area contributed by atoms with E-state index in [0.29, 0.717) is 5.56 Å². The number of amides is 2. The second kappa shape index (κ2) is 6.88. The first-order valence-corrected chi connectivity index (χ1v) is 7.53. The molecule has 0 unspecified atom stereocenters. The third kappa shape index (κ3) is 3.66. The first-order chi connectivity index (χ1) is 12.0. The van der Waals surface area contributed by atoms with Crippen molar-refractivity contribution >= 4 is 28.9 Å². The number of aromatic nitrogens is 1. The fraction of sp³-hybridized carbons (Fsp3) is 0.0556. The standard InChI is InChI=1S/C18H16N4O3/c19-17(24)11-22-10-13(15-6-1-2-7-16(15)22)9-20-21-18(25)12-4-3-5-14(23)8-12/h1-10,23H,11H2,(H2,19,24)(H,21,25). The highest BCUT2D eigenvalue weighted by Gasteiger charge is 2.09. The van der Waals surface area contributed by atoms with Crippen LogP contribution in [0.5, 0.6) is 5.75 Å². The van der Waals surface area contributed by atoms with Crippen LogP contribution in [-0.2, 0) is 11.3 Å². The van der Waals surface area contributed by atoms with Crippen molar-refractivity contribution in [1.82, 2.24) is 9.99 Å². The number of hydrogen-bond donors (Lipinski definition) is 3. The predicted octanol–water partition coefficient (Wildman–Crippen LogP) is 1.60. The first-order valence-electron chi connectivity index (χ1n) is 7.53. The number of nitrogens with zero attached hydrogens (tertiary/aromatic N) is 2. The monoisotopic (exact) mass is 336 g/mol. The number of hydrazone groups is 1. The number of nitrogens with two attached hydrogens (primary N) is 1. The smallest absolute Gasteiger partial charge is 0.271 e. The maximum atomic E-state index is 12.0. The number of hydrogen-bond acceptors (Lipinski definition) is 4. The number of nitrogens with one attached hydrogen (secondary N) is 1. The summed E-state index contributed by atoms with van der Waals surface area (Å²) in [5, 5.41) is 14.2. The fourth-order valence-electron chi connectivity index (χ4n) is 2.55. The van der Waals surface area contributed by atoms with Crippen LogP contribution in [0.3, 0.4) is 0 Å². The summed E-state index contributed by atoms with van der Waals surface area (Å²) >= 11 is 0. The summed E-state index contributed by atoms with van der Waals surface area (Å²) in [5.74, 6) is -0.874. The van der Waals surface area contributed by atoms with Crippen LogP contribution in [0.4, 0.5) is 0 Å². The summed E-state index contributed by atoms with van der Waals surface area (Å²) in [5.41, 5.74) is 9.57. The Kier molecular flexibility index (Phi) is 4.47. The first kappa shape index (κ1) is 16.3. The Bertz CT molecular complexity index is 975. The van der Waals surface area contributed by atoms with Crippen molar-refractivity contribution in [2.75, 3.05) is 0 Å². The normalized spacial score (nSPS) is 11.0. The van der Waals surface area contributed by atoms with Gasteiger partial charge in [0.25, 0.3) is 5.91 Å². The Morgan fingerprint density at radius 2 is 2.00 bits per heavy atom. The molecule has 4 N–H and O–H groups in total. The van der Waals surface area contributed by atoms with Gasteiger partial charge in [0, 0.05) is 28.2 Å². The molecule has 7 heteroatoms. The summed E-state index contributed by atoms with van der Waals surface area (Å²) in [6.45, 7) is 0.0595. The van der Waals surface area contributed by atoms with Gasteiger partial charge in [0.05, 0.1) is 6.21 Å². The Morgan fingerprint density at radius 3 is 2.76 bits per heavy atom. The van der Waals surface area contributed by atoms with E-state index in [-0.39, 0.29) is 12.3 Å². The van der Waals surface area contributed by atoms with E-state index in [1.54, 1.807) is 22.9 Å². The number of para-hydroxylation sites is 1. The van der Waals surface area contributed by atoms with Gasteiger partial charge < -0.3 is 15.4 Å². The van der Waals surface area contributed by atoms with Gasteiger partial charge in [-0.2, -0.15) is 5.10 Å². The van der Waals surface area contributed by atoms with E-state index in [9.17, 15) is 14.7 Å². The highest BCUT2D eigenvalue weighted by molar-refractivity contribution is 6.01. The van der Waals surface area contributed by atoms with Gasteiger partial charge in [-0.1, -0.05) is 24.3 Å². The average Bonchev–Trinajstić information content (AvgIpc) is 2.92. The zero-order chi connectivity index (χ0) is 17.8. The minimum Gasteiger partial charge on any atom is -0.508 e. The van der Waals surface area contributed by atoms with Crippen molar-refractivity contribution in [3.05, 3.63) is 65.9 Å². The van der Waals surface area contributed by atoms with Crippen LogP contribution in [0.2, 0.25) is 0 Å². The minimum absolute atomic E-state index is 0.00570. The van der Waals surface area contributed by atoms with E-state index in [2.05, 4.69) is 10.5 Å². The molecule has 0 fully saturated rings. The number of carbonyl (C=O) groups is 2. The molecule has 3 aromatic rings. The average molecular weight is 336 g/mol. The van der Waals surface area contributed by atoms with Crippen molar-refractivity contribution in [2.45, 2.75) is 6.54 Å². The molecule has 0 aliphatic rings. The lowest BCUT2D eigenvalue weighted by atomic mass is 10.2. The van der Waals surface area contributed by atoms with Gasteiger partial charge in [0.1, 0.15) is 12.3 Å². The van der Waals surface area contributed by atoms with Gasteiger partial charge >= 0.3 is 0 Å². The van der Waals surface area contributed by atoms with Crippen molar-refractivity contribution in [3.63, 3.8) is 0 Å². The van der Waals surface area contributed by atoms with E-state index in [1.807, 2.05) is 24.3 Å². The molecule has 0 spiro atoms. The van der Waals surface area contributed by atoms with Crippen LogP contribution in [0.25, 0.3) is 10.9 Å². The van der Waals surface area contributed by atoms with E-state index in [4.69, 9.17) is 5.73 Å². The molecule has 2 aromatic carbocycles. The predicted molar refractivity (Wildman–Crippen MR) is 94.3 cm³/mol. The van der Waals surface area contributed by atoms with Gasteiger partial charge in [-0.3, -0.25) is 9.59 Å². The molecule has 0 atom stereocenters. The quantitative estimate of drug-likeness (QED) is 0.486. The lowest BCUT2D eigenvalue weighted by Crippen LogP contribution is -2.18. The lowest BCUT2D eigenvalue weighted by Gasteiger charge is -2.00. The molecule has 3 rings (SSSR count). The van der Waals surface area contributed by atoms with Crippen molar-refractivity contribution in [3.8, 4) is 5.75 Å². The summed E-state index contributed by atoms with van der Waals surface area (Å²) < 4.78 is 1.73. The zero-order valence-electron chi connectivity index (χ0n) is 13.2. The second-order valence-electron chi connectivity index (χ2n) is 5.45. The highest BCUT2D eigenvalue weighted by Crippen LogP contribution is 2.19. The minimum atomic E-state index is -0.443. The molecule has 0 aliphatic carbocycles. The third-order valence-electron chi connectivity index (χ3n) is 3.62. The number of rotatable bonds is 5. The Morgan fingerprint density at radius 1 is 1.20 bits per heavy atom. The molecule has 0 saturated heterocycles. The molecule has 0 bridgehead atoms. The second-order valence-corrected chi connectivity index (χ2v) is 5.45. The largest absolute Gasteiger partial charge is 0.508 e. The van der Waals surface area contributed by atoms with Crippen LogP contribution >= 0.6 is 0 Å². The molecule has 7 nitrogen and oxygen atoms in total. The SMILES string of the molecule is NC(=O)Cn1cc(C=NNC(=O)c2cccc(O)c2)c2ccccc21. The van der Waals surface area contributed by atoms with Gasteiger partial charge in [0.15, 0.2) is 0 Å². The third-order valence-corrected chi connectivity index (χ3v) is 3.62. The summed E-state index contributed by atoms with van der Waals surface area (Å²) in [6.07, 6.45) is 3.25. The van der Waals surface area contributed by atoms with Crippen LogP contribution in [0.15, 0.2) is 59.8 Å². The number of phenols is 1. The van der Waals surface area contributed by atoms with E-state index >= 15 is 0 Å². The van der Waals surface area contributed by atoms with Crippen LogP contribution in [0.1, 0.15) is 15.9 Å². The molecular weight excluding hydrogens is 320 g/mol. The Balaban J connectivity index is 1.81. The summed E-state index contributed by atoms with van der Waals surface area (Å²) in [7, 11) is 0. The van der Waals surface area contributed by atoms with Crippen LogP contribution in [-0.4, -0.2) is 27.7 Å². The molecule has 0 radical (unpaired) electrons. The topological polar surface area (TPSA) is 110 Å². The maximum absolute atomic E-state index is 12.0. The molecule has 1 aromatic heterocycles. The Hall–Kier alpha value is -3.61.